The lowest BCUT2D eigenvalue weighted by Gasteiger charge is -2.22. The van der Waals surface area contributed by atoms with E-state index in [-0.39, 0.29) is 5.69 Å². The van der Waals surface area contributed by atoms with Crippen molar-refractivity contribution < 1.29 is 18.0 Å². The van der Waals surface area contributed by atoms with Crippen molar-refractivity contribution in [2.75, 3.05) is 0 Å². The first-order valence-electron chi connectivity index (χ1n) is 9.16. The first-order chi connectivity index (χ1) is 14.4. The van der Waals surface area contributed by atoms with E-state index in [1.165, 1.54) is 12.3 Å². The number of rotatable bonds is 4. The smallest absolute Gasteiger partial charge is 0.340 e. The summed E-state index contributed by atoms with van der Waals surface area (Å²) in [6, 6.07) is 18.2. The molecule has 4 aromatic rings. The van der Waals surface area contributed by atoms with Crippen LogP contribution in [0.1, 0.15) is 33.2 Å². The second-order valence-electron chi connectivity index (χ2n) is 6.66. The Bertz CT molecular complexity index is 1190. The summed E-state index contributed by atoms with van der Waals surface area (Å²) < 4.78 is 40.8. The maximum absolute atomic E-state index is 13.6. The summed E-state index contributed by atoms with van der Waals surface area (Å²) in [4.78, 5) is 21.2. The molecule has 4 nitrogen and oxygen atoms in total. The average molecular weight is 407 g/mol. The van der Waals surface area contributed by atoms with Gasteiger partial charge < -0.3 is 5.32 Å². The highest BCUT2D eigenvalue weighted by Crippen LogP contribution is 2.35. The van der Waals surface area contributed by atoms with E-state index in [1.54, 1.807) is 60.8 Å². The van der Waals surface area contributed by atoms with Crippen molar-refractivity contribution in [3.05, 3.63) is 108 Å². The molecule has 2 aromatic heterocycles. The number of alkyl halides is 3. The molecule has 0 radical (unpaired) electrons. The molecule has 0 aliphatic heterocycles. The van der Waals surface area contributed by atoms with Crippen molar-refractivity contribution >= 4 is 16.8 Å². The number of aromatic nitrogens is 2. The molecule has 0 bridgehead atoms. The lowest BCUT2D eigenvalue weighted by molar-refractivity contribution is -0.138. The van der Waals surface area contributed by atoms with Gasteiger partial charge in [-0.3, -0.25) is 14.8 Å². The van der Waals surface area contributed by atoms with Crippen LogP contribution in [0.25, 0.3) is 10.9 Å². The summed E-state index contributed by atoms with van der Waals surface area (Å²) in [5, 5.41) is 3.57. The highest BCUT2D eigenvalue weighted by molar-refractivity contribution is 5.98. The molecule has 150 valence electrons. The number of amides is 1. The monoisotopic (exact) mass is 407 g/mol. The normalized spacial score (nSPS) is 12.5. The molecular formula is C23H16F3N3O. The molecule has 0 aliphatic carbocycles. The van der Waals surface area contributed by atoms with Crippen LogP contribution in [0.5, 0.6) is 0 Å². The van der Waals surface area contributed by atoms with Gasteiger partial charge in [-0.1, -0.05) is 42.5 Å². The highest BCUT2D eigenvalue weighted by Gasteiger charge is 2.37. The first-order valence-corrected chi connectivity index (χ1v) is 9.16. The van der Waals surface area contributed by atoms with Gasteiger partial charge in [0, 0.05) is 23.3 Å². The molecule has 2 heterocycles. The molecule has 7 heteroatoms. The van der Waals surface area contributed by atoms with E-state index in [4.69, 9.17) is 0 Å². The molecular weight excluding hydrogens is 391 g/mol. The van der Waals surface area contributed by atoms with Crippen molar-refractivity contribution in [2.24, 2.45) is 0 Å². The van der Waals surface area contributed by atoms with Crippen LogP contribution in [0.2, 0.25) is 0 Å². The lowest BCUT2D eigenvalue weighted by Crippen LogP contribution is -2.31. The van der Waals surface area contributed by atoms with Gasteiger partial charge in [-0.2, -0.15) is 13.2 Å². The Morgan fingerprint density at radius 3 is 2.37 bits per heavy atom. The van der Waals surface area contributed by atoms with E-state index in [0.717, 1.165) is 11.5 Å². The Labute approximate surface area is 170 Å². The minimum absolute atomic E-state index is 0.261. The van der Waals surface area contributed by atoms with E-state index >= 15 is 0 Å². The van der Waals surface area contributed by atoms with Gasteiger partial charge in [-0.25, -0.2) is 0 Å². The standard InChI is InChI=1S/C23H16F3N3O/c24-23(25,26)18-9-5-13-28-21(18)20(16-6-2-1-3-7-16)29-22(30)17-11-10-15-8-4-12-27-19(15)14-17/h1-14,20H,(H,29,30). The Morgan fingerprint density at radius 1 is 0.867 bits per heavy atom. The van der Waals surface area contributed by atoms with E-state index in [9.17, 15) is 18.0 Å². The van der Waals surface area contributed by atoms with Crippen LogP contribution in [0, 0.1) is 0 Å². The fraction of sp³-hybridized carbons (Fsp3) is 0.0870. The molecule has 0 aliphatic rings. The zero-order valence-corrected chi connectivity index (χ0v) is 15.6. The Hall–Kier alpha value is -3.74. The quantitative estimate of drug-likeness (QED) is 0.508. The number of nitrogens with zero attached hydrogens (tertiary/aromatic N) is 2. The van der Waals surface area contributed by atoms with Gasteiger partial charge in [-0.05, 0) is 35.9 Å². The maximum Gasteiger partial charge on any atom is 0.418 e. The van der Waals surface area contributed by atoms with Crippen molar-refractivity contribution in [1.29, 1.82) is 0 Å². The SMILES string of the molecule is O=C(NC(c1ccccc1)c1ncccc1C(F)(F)F)c1ccc2cccnc2c1. The minimum atomic E-state index is -4.60. The third-order valence-corrected chi connectivity index (χ3v) is 4.69. The molecule has 1 amide bonds. The van der Waals surface area contributed by atoms with Crippen molar-refractivity contribution in [2.45, 2.75) is 12.2 Å². The van der Waals surface area contributed by atoms with E-state index in [2.05, 4.69) is 15.3 Å². The lowest BCUT2D eigenvalue weighted by atomic mass is 9.98. The Morgan fingerprint density at radius 2 is 1.60 bits per heavy atom. The number of carbonyl (C=O) groups is 1. The van der Waals surface area contributed by atoms with E-state index in [1.807, 2.05) is 6.07 Å². The fourth-order valence-electron chi connectivity index (χ4n) is 3.26. The van der Waals surface area contributed by atoms with Gasteiger partial charge in [0.25, 0.3) is 5.91 Å². The first kappa shape index (κ1) is 19.6. The number of fused-ring (bicyclic) bond motifs is 1. The molecule has 4 rings (SSSR count). The van der Waals surface area contributed by atoms with Crippen LogP contribution < -0.4 is 5.32 Å². The molecule has 1 N–H and O–H groups in total. The molecule has 2 aromatic carbocycles. The predicted molar refractivity (Wildman–Crippen MR) is 107 cm³/mol. The minimum Gasteiger partial charge on any atom is -0.340 e. The number of pyridine rings is 2. The zero-order chi connectivity index (χ0) is 21.1. The fourth-order valence-corrected chi connectivity index (χ4v) is 3.26. The average Bonchev–Trinajstić information content (AvgIpc) is 2.77. The summed E-state index contributed by atoms with van der Waals surface area (Å²) in [7, 11) is 0. The molecule has 0 spiro atoms. The van der Waals surface area contributed by atoms with Crippen LogP contribution >= 0.6 is 0 Å². The summed E-state index contributed by atoms with van der Waals surface area (Å²) >= 11 is 0. The topological polar surface area (TPSA) is 54.9 Å². The van der Waals surface area contributed by atoms with Gasteiger partial charge in [0.05, 0.1) is 22.8 Å². The zero-order valence-electron chi connectivity index (χ0n) is 15.6. The summed E-state index contributed by atoms with van der Waals surface area (Å²) in [6.07, 6.45) is -1.71. The van der Waals surface area contributed by atoms with Crippen LogP contribution in [-0.4, -0.2) is 15.9 Å². The second-order valence-corrected chi connectivity index (χ2v) is 6.66. The summed E-state index contributed by atoms with van der Waals surface area (Å²) in [5.41, 5.74) is 0.263. The van der Waals surface area contributed by atoms with Crippen LogP contribution in [0.3, 0.4) is 0 Å². The number of halogens is 3. The third-order valence-electron chi connectivity index (χ3n) is 4.69. The molecule has 0 saturated carbocycles. The predicted octanol–water partition coefficient (Wildman–Crippen LogP) is 5.17. The molecule has 1 atom stereocenters. The van der Waals surface area contributed by atoms with Crippen LogP contribution in [-0.2, 0) is 6.18 Å². The van der Waals surface area contributed by atoms with Gasteiger partial charge >= 0.3 is 6.18 Å². The molecule has 1 unspecified atom stereocenters. The van der Waals surface area contributed by atoms with Crippen LogP contribution in [0.15, 0.2) is 85.2 Å². The van der Waals surface area contributed by atoms with Gasteiger partial charge in [0.1, 0.15) is 0 Å². The number of hydrogen-bond acceptors (Lipinski definition) is 3. The number of carbonyl (C=O) groups excluding carboxylic acids is 1. The largest absolute Gasteiger partial charge is 0.418 e. The Balaban J connectivity index is 1.75. The number of benzene rings is 2. The molecule has 0 fully saturated rings. The molecule has 30 heavy (non-hydrogen) atoms. The van der Waals surface area contributed by atoms with Gasteiger partial charge in [-0.15, -0.1) is 0 Å². The van der Waals surface area contributed by atoms with E-state index in [0.29, 0.717) is 16.6 Å². The summed E-state index contributed by atoms with van der Waals surface area (Å²) in [5.74, 6) is -0.518. The highest BCUT2D eigenvalue weighted by atomic mass is 19.4. The summed E-state index contributed by atoms with van der Waals surface area (Å²) in [6.45, 7) is 0. The van der Waals surface area contributed by atoms with Crippen molar-refractivity contribution in [3.8, 4) is 0 Å². The van der Waals surface area contributed by atoms with E-state index < -0.39 is 23.7 Å². The van der Waals surface area contributed by atoms with Gasteiger partial charge in [0.15, 0.2) is 0 Å². The maximum atomic E-state index is 13.6. The van der Waals surface area contributed by atoms with Crippen LogP contribution in [0.4, 0.5) is 13.2 Å². The van der Waals surface area contributed by atoms with Gasteiger partial charge in [0.2, 0.25) is 0 Å². The van der Waals surface area contributed by atoms with Crippen molar-refractivity contribution in [1.82, 2.24) is 15.3 Å². The second kappa shape index (κ2) is 7.94. The Kier molecular flexibility index (Phi) is 5.18. The van der Waals surface area contributed by atoms with Crippen molar-refractivity contribution in [3.63, 3.8) is 0 Å². The molecule has 0 saturated heterocycles. The number of hydrogen-bond donors (Lipinski definition) is 1. The number of nitrogens with one attached hydrogen (secondary N) is 1. The third kappa shape index (κ3) is 4.00.